The van der Waals surface area contributed by atoms with Crippen LogP contribution in [0.5, 0.6) is 0 Å². The van der Waals surface area contributed by atoms with E-state index in [2.05, 4.69) is 25.6 Å². The summed E-state index contributed by atoms with van der Waals surface area (Å²) in [6.45, 7) is 0. The number of hydrogen-bond acceptors (Lipinski definition) is 5. The Morgan fingerprint density at radius 3 is 2.72 bits per heavy atom. The van der Waals surface area contributed by atoms with Crippen LogP contribution in [0.3, 0.4) is 0 Å². The van der Waals surface area contributed by atoms with E-state index in [4.69, 9.17) is 5.73 Å². The summed E-state index contributed by atoms with van der Waals surface area (Å²) in [6, 6.07) is 3.09. The lowest BCUT2D eigenvalue weighted by Gasteiger charge is -2.07. The summed E-state index contributed by atoms with van der Waals surface area (Å²) >= 11 is 4.29. The SMILES string of the molecule is Nc1cc(F)ccc1S(=O)(=O)Nc1ncc(Br)s1. The van der Waals surface area contributed by atoms with Crippen LogP contribution in [0, 0.1) is 5.82 Å². The fourth-order valence-electron chi connectivity index (χ4n) is 1.24. The summed E-state index contributed by atoms with van der Waals surface area (Å²) in [4.78, 5) is 3.66. The first-order valence-electron chi connectivity index (χ1n) is 4.57. The van der Waals surface area contributed by atoms with Crippen molar-refractivity contribution in [2.24, 2.45) is 0 Å². The number of nitrogens with one attached hydrogen (secondary N) is 1. The van der Waals surface area contributed by atoms with Crippen LogP contribution in [-0.2, 0) is 10.0 Å². The molecule has 2 rings (SSSR count). The molecule has 0 bridgehead atoms. The summed E-state index contributed by atoms with van der Waals surface area (Å²) in [7, 11) is -3.86. The first-order chi connectivity index (χ1) is 8.38. The zero-order chi connectivity index (χ0) is 13.3. The monoisotopic (exact) mass is 351 g/mol. The molecule has 0 aliphatic rings. The first-order valence-corrected chi connectivity index (χ1v) is 7.67. The molecule has 96 valence electrons. The predicted octanol–water partition coefficient (Wildman–Crippen LogP) is 2.43. The molecule has 0 aliphatic carbocycles. The number of anilines is 2. The van der Waals surface area contributed by atoms with Gasteiger partial charge in [-0.05, 0) is 34.1 Å². The number of nitrogen functional groups attached to an aromatic ring is 1. The van der Waals surface area contributed by atoms with Gasteiger partial charge in [-0.1, -0.05) is 11.3 Å². The van der Waals surface area contributed by atoms with Gasteiger partial charge in [-0.3, -0.25) is 4.72 Å². The standard InChI is InChI=1S/C9H7BrFN3O2S2/c10-8-4-13-9(17-8)14-18(15,16)7-2-1-5(11)3-6(7)12/h1-4H,12H2,(H,13,14). The average Bonchev–Trinajstić information content (AvgIpc) is 2.62. The van der Waals surface area contributed by atoms with E-state index < -0.39 is 15.8 Å². The van der Waals surface area contributed by atoms with Crippen LogP contribution in [0.25, 0.3) is 0 Å². The van der Waals surface area contributed by atoms with Crippen molar-refractivity contribution in [3.05, 3.63) is 34.0 Å². The van der Waals surface area contributed by atoms with Crippen molar-refractivity contribution in [3.63, 3.8) is 0 Å². The number of hydrogen-bond donors (Lipinski definition) is 2. The quantitative estimate of drug-likeness (QED) is 0.831. The Balaban J connectivity index is 2.36. The van der Waals surface area contributed by atoms with Crippen molar-refractivity contribution in [3.8, 4) is 0 Å². The molecule has 9 heteroatoms. The second-order valence-electron chi connectivity index (χ2n) is 3.26. The second kappa shape index (κ2) is 4.82. The highest BCUT2D eigenvalue weighted by molar-refractivity contribution is 9.11. The van der Waals surface area contributed by atoms with Gasteiger partial charge < -0.3 is 5.73 Å². The van der Waals surface area contributed by atoms with E-state index in [9.17, 15) is 12.8 Å². The third kappa shape index (κ3) is 2.79. The average molecular weight is 352 g/mol. The van der Waals surface area contributed by atoms with Crippen molar-refractivity contribution in [2.45, 2.75) is 4.90 Å². The smallest absolute Gasteiger partial charge is 0.265 e. The minimum absolute atomic E-state index is 0.155. The van der Waals surface area contributed by atoms with Gasteiger partial charge in [-0.15, -0.1) is 0 Å². The van der Waals surface area contributed by atoms with Crippen molar-refractivity contribution >= 4 is 48.1 Å². The summed E-state index contributed by atoms with van der Waals surface area (Å²) in [6.07, 6.45) is 1.47. The molecule has 0 radical (unpaired) electrons. The van der Waals surface area contributed by atoms with Crippen molar-refractivity contribution in [2.75, 3.05) is 10.5 Å². The molecule has 0 amide bonds. The molecular weight excluding hydrogens is 345 g/mol. The Morgan fingerprint density at radius 2 is 2.17 bits per heavy atom. The number of rotatable bonds is 3. The number of sulfonamides is 1. The van der Waals surface area contributed by atoms with Crippen molar-refractivity contribution < 1.29 is 12.8 Å². The lowest BCUT2D eigenvalue weighted by Crippen LogP contribution is -2.14. The van der Waals surface area contributed by atoms with Crippen LogP contribution >= 0.6 is 27.3 Å². The van der Waals surface area contributed by atoms with Gasteiger partial charge in [0.1, 0.15) is 10.7 Å². The maximum Gasteiger partial charge on any atom is 0.265 e. The summed E-state index contributed by atoms with van der Waals surface area (Å²) in [5, 5.41) is 0.200. The van der Waals surface area contributed by atoms with Crippen molar-refractivity contribution in [1.29, 1.82) is 0 Å². The van der Waals surface area contributed by atoms with Gasteiger partial charge in [0.05, 0.1) is 15.7 Å². The molecule has 3 N–H and O–H groups in total. The lowest BCUT2D eigenvalue weighted by molar-refractivity contribution is 0.600. The van der Waals surface area contributed by atoms with Gasteiger partial charge in [0.2, 0.25) is 0 Å². The zero-order valence-corrected chi connectivity index (χ0v) is 11.9. The Hall–Kier alpha value is -1.19. The van der Waals surface area contributed by atoms with E-state index in [0.717, 1.165) is 29.5 Å². The minimum Gasteiger partial charge on any atom is -0.398 e. The normalized spacial score (nSPS) is 11.4. The second-order valence-corrected chi connectivity index (χ2v) is 7.32. The predicted molar refractivity (Wildman–Crippen MR) is 71.4 cm³/mol. The number of aromatic nitrogens is 1. The summed E-state index contributed by atoms with van der Waals surface area (Å²) in [5.74, 6) is -0.594. The fourth-order valence-corrected chi connectivity index (χ4v) is 3.70. The highest BCUT2D eigenvalue weighted by atomic mass is 79.9. The molecule has 1 aromatic carbocycles. The molecule has 0 aliphatic heterocycles. The summed E-state index contributed by atoms with van der Waals surface area (Å²) < 4.78 is 39.8. The highest BCUT2D eigenvalue weighted by Gasteiger charge is 2.19. The van der Waals surface area contributed by atoms with Gasteiger partial charge in [0.15, 0.2) is 5.13 Å². The van der Waals surface area contributed by atoms with E-state index in [1.54, 1.807) is 0 Å². The molecule has 0 unspecified atom stereocenters. The number of thiazole rings is 1. The number of benzene rings is 1. The van der Waals surface area contributed by atoms with E-state index in [-0.39, 0.29) is 15.7 Å². The summed E-state index contributed by atoms with van der Waals surface area (Å²) in [5.41, 5.74) is 5.33. The molecule has 5 nitrogen and oxygen atoms in total. The van der Waals surface area contributed by atoms with E-state index in [1.165, 1.54) is 6.20 Å². The molecule has 1 heterocycles. The van der Waals surface area contributed by atoms with Gasteiger partial charge in [0.25, 0.3) is 10.0 Å². The van der Waals surface area contributed by atoms with Gasteiger partial charge in [-0.2, -0.15) is 0 Å². The van der Waals surface area contributed by atoms with E-state index >= 15 is 0 Å². The van der Waals surface area contributed by atoms with Crippen LogP contribution in [-0.4, -0.2) is 13.4 Å². The third-order valence-electron chi connectivity index (χ3n) is 1.96. The largest absolute Gasteiger partial charge is 0.398 e. The molecule has 0 atom stereocenters. The van der Waals surface area contributed by atoms with Crippen LogP contribution < -0.4 is 10.5 Å². The van der Waals surface area contributed by atoms with E-state index in [1.807, 2.05) is 0 Å². The molecule has 0 saturated heterocycles. The Kier molecular flexibility index (Phi) is 3.55. The van der Waals surface area contributed by atoms with Crippen LogP contribution in [0.2, 0.25) is 0 Å². The van der Waals surface area contributed by atoms with Gasteiger partial charge in [-0.25, -0.2) is 17.8 Å². The van der Waals surface area contributed by atoms with Crippen LogP contribution in [0.15, 0.2) is 33.1 Å². The minimum atomic E-state index is -3.86. The third-order valence-corrected chi connectivity index (χ3v) is 4.89. The van der Waals surface area contributed by atoms with Gasteiger partial charge >= 0.3 is 0 Å². The first kappa shape index (κ1) is 13.2. The topological polar surface area (TPSA) is 85.1 Å². The molecule has 2 aromatic rings. The zero-order valence-electron chi connectivity index (χ0n) is 8.72. The fraction of sp³-hybridized carbons (Fsp3) is 0. The maximum atomic E-state index is 12.9. The molecule has 0 spiro atoms. The molecular formula is C9H7BrFN3O2S2. The number of nitrogens with two attached hydrogens (primary N) is 1. The van der Waals surface area contributed by atoms with Crippen LogP contribution in [0.1, 0.15) is 0 Å². The molecule has 0 saturated carbocycles. The van der Waals surface area contributed by atoms with Crippen molar-refractivity contribution in [1.82, 2.24) is 4.98 Å². The molecule has 0 fully saturated rings. The lowest BCUT2D eigenvalue weighted by atomic mass is 10.3. The van der Waals surface area contributed by atoms with Gasteiger partial charge in [0, 0.05) is 0 Å². The number of halogens is 2. The Morgan fingerprint density at radius 1 is 1.44 bits per heavy atom. The van der Waals surface area contributed by atoms with E-state index in [0.29, 0.717) is 3.79 Å². The molecule has 18 heavy (non-hydrogen) atoms. The molecule has 1 aromatic heterocycles. The Bertz CT molecular complexity index is 687. The van der Waals surface area contributed by atoms with Crippen LogP contribution in [0.4, 0.5) is 15.2 Å². The Labute approximate surface area is 115 Å². The maximum absolute atomic E-state index is 12.9. The number of nitrogens with zero attached hydrogens (tertiary/aromatic N) is 1. The highest BCUT2D eigenvalue weighted by Crippen LogP contribution is 2.27.